The number of methoxy groups -OCH3 is 2. The Morgan fingerprint density at radius 2 is 1.16 bits per heavy atom. The number of fused-ring (bicyclic) bond motifs is 7. The number of para-hydroxylation sites is 2. The van der Waals surface area contributed by atoms with E-state index in [2.05, 4.69) is 45.5 Å². The van der Waals surface area contributed by atoms with Crippen molar-refractivity contribution in [1.82, 2.24) is 10.6 Å². The lowest BCUT2D eigenvalue weighted by atomic mass is 9.54. The Morgan fingerprint density at radius 3 is 1.56 bits per heavy atom. The number of hydrogen-bond acceptors (Lipinski definition) is 8. The van der Waals surface area contributed by atoms with E-state index < -0.39 is 22.9 Å². The third-order valence-corrected chi connectivity index (χ3v) is 7.96. The number of anilines is 2. The summed E-state index contributed by atoms with van der Waals surface area (Å²) < 4.78 is 10.2. The summed E-state index contributed by atoms with van der Waals surface area (Å²) in [4.78, 5) is 25.3. The molecule has 4 aliphatic rings. The molecule has 8 heteroatoms. The second-order valence-corrected chi connectivity index (χ2v) is 9.08. The molecule has 2 aromatic carbocycles. The molecule has 0 bridgehead atoms. The average Bonchev–Trinajstić information content (AvgIpc) is 3.53. The van der Waals surface area contributed by atoms with Crippen LogP contribution in [0.1, 0.15) is 24.0 Å². The molecule has 166 valence electrons. The fourth-order valence-electron chi connectivity index (χ4n) is 6.80. The van der Waals surface area contributed by atoms with Crippen molar-refractivity contribution >= 4 is 23.3 Å². The van der Waals surface area contributed by atoms with Crippen LogP contribution in [0.4, 0.5) is 11.4 Å². The number of ether oxygens (including phenoxy) is 2. The van der Waals surface area contributed by atoms with Crippen LogP contribution < -0.4 is 21.3 Å². The van der Waals surface area contributed by atoms with Crippen LogP contribution in [0.3, 0.4) is 0 Å². The molecule has 4 N–H and O–H groups in total. The maximum atomic E-state index is 12.7. The van der Waals surface area contributed by atoms with Crippen LogP contribution in [0, 0.1) is 0 Å². The van der Waals surface area contributed by atoms with Gasteiger partial charge in [0.25, 0.3) is 0 Å². The van der Waals surface area contributed by atoms with Gasteiger partial charge in [0.15, 0.2) is 0 Å². The lowest BCUT2D eigenvalue weighted by Crippen LogP contribution is -2.59. The van der Waals surface area contributed by atoms with Crippen molar-refractivity contribution in [3.63, 3.8) is 0 Å². The molecule has 8 nitrogen and oxygen atoms in total. The number of carbonyl (C=O) groups excluding carboxylic acids is 2. The van der Waals surface area contributed by atoms with E-state index in [1.165, 1.54) is 14.2 Å². The molecule has 0 aliphatic carbocycles. The molecule has 2 saturated heterocycles. The van der Waals surface area contributed by atoms with E-state index >= 15 is 0 Å². The van der Waals surface area contributed by atoms with E-state index in [9.17, 15) is 9.59 Å². The van der Waals surface area contributed by atoms with Crippen molar-refractivity contribution in [3.05, 3.63) is 59.7 Å². The van der Waals surface area contributed by atoms with Gasteiger partial charge in [-0.05, 0) is 36.1 Å². The molecule has 0 radical (unpaired) electrons. The Morgan fingerprint density at radius 1 is 0.750 bits per heavy atom. The van der Waals surface area contributed by atoms with Crippen LogP contribution in [-0.4, -0.2) is 50.6 Å². The van der Waals surface area contributed by atoms with Crippen LogP contribution in [-0.2, 0) is 29.9 Å². The Bertz CT molecular complexity index is 1040. The van der Waals surface area contributed by atoms with Crippen LogP contribution in [0.5, 0.6) is 0 Å². The van der Waals surface area contributed by atoms with E-state index in [1.54, 1.807) is 0 Å². The number of esters is 2. The van der Waals surface area contributed by atoms with Gasteiger partial charge in [-0.1, -0.05) is 36.4 Å². The lowest BCUT2D eigenvalue weighted by molar-refractivity contribution is -0.143. The molecule has 2 fully saturated rings. The number of carbonyl (C=O) groups is 2. The van der Waals surface area contributed by atoms with E-state index in [0.29, 0.717) is 12.8 Å². The molecular formula is C24H26N4O4. The zero-order valence-corrected chi connectivity index (χ0v) is 18.0. The molecule has 0 amide bonds. The predicted octanol–water partition coefficient (Wildman–Crippen LogP) is 1.44. The largest absolute Gasteiger partial charge is 0.468 e. The summed E-state index contributed by atoms with van der Waals surface area (Å²) in [5.74, 6) is -0.554. The molecule has 4 heterocycles. The highest BCUT2D eigenvalue weighted by molar-refractivity contribution is 5.82. The fraction of sp³-hybridized carbons (Fsp3) is 0.417. The molecule has 0 aromatic heterocycles. The van der Waals surface area contributed by atoms with Crippen molar-refractivity contribution in [3.8, 4) is 0 Å². The number of rotatable bonds is 3. The summed E-state index contributed by atoms with van der Waals surface area (Å²) in [6.45, 7) is 0. The summed E-state index contributed by atoms with van der Waals surface area (Å²) >= 11 is 0. The molecule has 6 atom stereocenters. The standard InChI is InChI=1S/C24H26N4O4/c1-31-19(29)17-11-23(13-7-3-5-9-15(13)25-21(23)27-17)24-12-18(20(30)32-2)28-22(24)26-16-10-6-4-8-14(16)24/h3-10,17-18,21-22,25-28H,11-12H2,1-2H3/t17-,18-,21+,22+,23-,24-/m0/s1. The van der Waals surface area contributed by atoms with E-state index in [-0.39, 0.29) is 24.3 Å². The van der Waals surface area contributed by atoms with Gasteiger partial charge in [0, 0.05) is 22.2 Å². The van der Waals surface area contributed by atoms with Crippen LogP contribution in [0.2, 0.25) is 0 Å². The van der Waals surface area contributed by atoms with Gasteiger partial charge in [0.1, 0.15) is 12.1 Å². The summed E-state index contributed by atoms with van der Waals surface area (Å²) in [5.41, 5.74) is 3.41. The highest BCUT2D eigenvalue weighted by Crippen LogP contribution is 2.65. The first kappa shape index (κ1) is 19.6. The summed E-state index contributed by atoms with van der Waals surface area (Å²) in [7, 11) is 2.84. The highest BCUT2D eigenvalue weighted by atomic mass is 16.5. The first-order valence-corrected chi connectivity index (χ1v) is 10.9. The quantitative estimate of drug-likeness (QED) is 0.539. The van der Waals surface area contributed by atoms with Crippen LogP contribution >= 0.6 is 0 Å². The van der Waals surface area contributed by atoms with Gasteiger partial charge in [-0.2, -0.15) is 0 Å². The van der Waals surface area contributed by atoms with E-state index in [1.807, 2.05) is 24.3 Å². The minimum atomic E-state index is -0.498. The van der Waals surface area contributed by atoms with Gasteiger partial charge >= 0.3 is 11.9 Å². The van der Waals surface area contributed by atoms with Crippen LogP contribution in [0.15, 0.2) is 48.5 Å². The topological polar surface area (TPSA) is 101 Å². The maximum Gasteiger partial charge on any atom is 0.322 e. The Balaban J connectivity index is 1.60. The van der Waals surface area contributed by atoms with Gasteiger partial charge < -0.3 is 20.1 Å². The maximum absolute atomic E-state index is 12.7. The monoisotopic (exact) mass is 434 g/mol. The fourth-order valence-corrected chi connectivity index (χ4v) is 6.80. The van der Waals surface area contributed by atoms with Crippen molar-refractivity contribution in [1.29, 1.82) is 0 Å². The second kappa shape index (κ2) is 6.70. The average molecular weight is 434 g/mol. The second-order valence-electron chi connectivity index (χ2n) is 9.08. The number of nitrogens with one attached hydrogen (secondary N) is 4. The molecule has 4 aliphatic heterocycles. The van der Waals surface area contributed by atoms with Gasteiger partial charge in [0.2, 0.25) is 0 Å². The molecule has 0 spiro atoms. The van der Waals surface area contributed by atoms with Gasteiger partial charge in [-0.15, -0.1) is 0 Å². The van der Waals surface area contributed by atoms with Crippen molar-refractivity contribution in [2.45, 2.75) is 48.1 Å². The molecule has 0 saturated carbocycles. The van der Waals surface area contributed by atoms with Crippen molar-refractivity contribution in [2.75, 3.05) is 24.9 Å². The van der Waals surface area contributed by atoms with Gasteiger partial charge in [-0.3, -0.25) is 20.2 Å². The van der Waals surface area contributed by atoms with Gasteiger partial charge in [-0.25, -0.2) is 0 Å². The molecular weight excluding hydrogens is 408 g/mol. The Kier molecular flexibility index (Phi) is 4.10. The van der Waals surface area contributed by atoms with Gasteiger partial charge in [0.05, 0.1) is 26.6 Å². The van der Waals surface area contributed by atoms with E-state index in [0.717, 1.165) is 22.5 Å². The molecule has 0 unspecified atom stereocenters. The Labute approximate surface area is 186 Å². The zero-order valence-electron chi connectivity index (χ0n) is 18.0. The van der Waals surface area contributed by atoms with Crippen molar-refractivity contribution < 1.29 is 19.1 Å². The zero-order chi connectivity index (χ0) is 22.1. The van der Waals surface area contributed by atoms with Crippen molar-refractivity contribution in [2.24, 2.45) is 0 Å². The first-order chi connectivity index (χ1) is 15.5. The summed E-state index contributed by atoms with van der Waals surface area (Å²) in [6.07, 6.45) is 0.711. The van der Waals surface area contributed by atoms with E-state index in [4.69, 9.17) is 9.47 Å². The normalized spacial score (nSPS) is 35.7. The predicted molar refractivity (Wildman–Crippen MR) is 118 cm³/mol. The minimum absolute atomic E-state index is 0.197. The third-order valence-electron chi connectivity index (χ3n) is 7.96. The number of benzene rings is 2. The highest BCUT2D eigenvalue weighted by Gasteiger charge is 2.72. The third kappa shape index (κ3) is 2.23. The Hall–Kier alpha value is -3.10. The lowest BCUT2D eigenvalue weighted by Gasteiger charge is -2.47. The summed E-state index contributed by atoms with van der Waals surface area (Å²) in [6, 6.07) is 15.6. The summed E-state index contributed by atoms with van der Waals surface area (Å²) in [5, 5.41) is 14.3. The van der Waals surface area contributed by atoms with Crippen LogP contribution in [0.25, 0.3) is 0 Å². The SMILES string of the molecule is COC(=O)[C@@H]1C[C@]2([C@]34C[C@@H](C(=O)OC)N[C@H]3Nc3ccccc34)c3ccccc3N[C@@H]2N1. The molecule has 6 rings (SSSR count). The minimum Gasteiger partial charge on any atom is -0.468 e. The molecule has 2 aromatic rings. The number of hydrogen-bond donors (Lipinski definition) is 4. The molecule has 32 heavy (non-hydrogen) atoms. The smallest absolute Gasteiger partial charge is 0.322 e. The first-order valence-electron chi connectivity index (χ1n) is 10.9.